The van der Waals surface area contributed by atoms with Gasteiger partial charge in [-0.05, 0) is 31.0 Å². The van der Waals surface area contributed by atoms with Gasteiger partial charge in [-0.1, -0.05) is 35.9 Å². The number of benzene rings is 1. The minimum absolute atomic E-state index is 0. The Kier molecular flexibility index (Phi) is 10.8. The molecule has 148 valence electrons. The van der Waals surface area contributed by atoms with Crippen LogP contribution in [0, 0.1) is 6.92 Å². The van der Waals surface area contributed by atoms with E-state index in [1.165, 1.54) is 11.1 Å². The number of thioether (sulfide) groups is 1. The van der Waals surface area contributed by atoms with E-state index in [2.05, 4.69) is 46.8 Å². The summed E-state index contributed by atoms with van der Waals surface area (Å²) in [5.74, 6) is 2.21. The van der Waals surface area contributed by atoms with Crippen molar-refractivity contribution in [2.24, 2.45) is 0 Å². The molecular weight excluding hydrogens is 401 g/mol. The van der Waals surface area contributed by atoms with Crippen LogP contribution < -0.4 is 10.6 Å². The van der Waals surface area contributed by atoms with Gasteiger partial charge in [0.15, 0.2) is 0 Å². The minimum Gasteiger partial charge on any atom is -0.347 e. The van der Waals surface area contributed by atoms with E-state index in [-0.39, 0.29) is 42.8 Å². The molecule has 1 fully saturated rings. The Morgan fingerprint density at radius 1 is 1.26 bits per heavy atom. The molecule has 0 spiro atoms. The fraction of sp³-hybridized carbons (Fsp3) is 0.400. The topological polar surface area (TPSA) is 54.0 Å². The number of nitrogens with zero attached hydrogens (tertiary/aromatic N) is 1. The highest BCUT2D eigenvalue weighted by molar-refractivity contribution is 7.99. The third-order valence-corrected chi connectivity index (χ3v) is 5.50. The van der Waals surface area contributed by atoms with E-state index in [9.17, 15) is 4.79 Å². The number of halogens is 2. The van der Waals surface area contributed by atoms with Crippen molar-refractivity contribution in [3.05, 3.63) is 65.5 Å². The van der Waals surface area contributed by atoms with Crippen molar-refractivity contribution in [3.63, 3.8) is 0 Å². The van der Waals surface area contributed by atoms with Gasteiger partial charge in [0.05, 0.1) is 11.7 Å². The van der Waals surface area contributed by atoms with Crippen LogP contribution in [0.4, 0.5) is 0 Å². The molecule has 2 N–H and O–H groups in total. The first-order valence-electron chi connectivity index (χ1n) is 8.77. The van der Waals surface area contributed by atoms with Gasteiger partial charge in [-0.3, -0.25) is 9.78 Å². The molecule has 1 aliphatic rings. The largest absolute Gasteiger partial charge is 0.347 e. The van der Waals surface area contributed by atoms with Crippen molar-refractivity contribution in [3.8, 4) is 0 Å². The van der Waals surface area contributed by atoms with Crippen molar-refractivity contribution in [1.29, 1.82) is 0 Å². The molecule has 4 nitrogen and oxygen atoms in total. The van der Waals surface area contributed by atoms with E-state index in [0.717, 1.165) is 30.2 Å². The van der Waals surface area contributed by atoms with Gasteiger partial charge in [-0.15, -0.1) is 24.8 Å². The summed E-state index contributed by atoms with van der Waals surface area (Å²) < 4.78 is 0. The van der Waals surface area contributed by atoms with Gasteiger partial charge in [0, 0.05) is 36.7 Å². The van der Waals surface area contributed by atoms with Crippen LogP contribution in [0.3, 0.4) is 0 Å². The maximum atomic E-state index is 12.6. The lowest BCUT2D eigenvalue weighted by Gasteiger charge is -2.24. The lowest BCUT2D eigenvalue weighted by atomic mass is 10.0. The molecule has 0 aliphatic carbocycles. The van der Waals surface area contributed by atoms with Crippen LogP contribution in [0.2, 0.25) is 0 Å². The Morgan fingerprint density at radius 3 is 2.67 bits per heavy atom. The highest BCUT2D eigenvalue weighted by Gasteiger charge is 2.20. The molecule has 1 saturated heterocycles. The molecule has 27 heavy (non-hydrogen) atoms. The summed E-state index contributed by atoms with van der Waals surface area (Å²) in [6, 6.07) is 14.5. The second-order valence-corrected chi connectivity index (χ2v) is 7.64. The molecular formula is C20H27Cl2N3OS. The summed E-state index contributed by atoms with van der Waals surface area (Å²) in [6.45, 7) is 3.06. The van der Waals surface area contributed by atoms with E-state index < -0.39 is 0 Å². The number of carbonyl (C=O) groups excluding carboxylic acids is 1. The Bertz CT molecular complexity index is 679. The predicted octanol–water partition coefficient (Wildman–Crippen LogP) is 3.73. The summed E-state index contributed by atoms with van der Waals surface area (Å²) in [5.41, 5.74) is 3.35. The molecule has 1 aromatic heterocycles. The second-order valence-electron chi connectivity index (χ2n) is 6.49. The summed E-state index contributed by atoms with van der Waals surface area (Å²) in [6.07, 6.45) is 3.04. The molecule has 1 aromatic carbocycles. The SMILES string of the molecule is Cc1ccc(CC(NC(=O)CC2CSCCN2)c2ccccn2)cc1.Cl.Cl. The monoisotopic (exact) mass is 427 g/mol. The van der Waals surface area contributed by atoms with E-state index in [4.69, 9.17) is 0 Å². The van der Waals surface area contributed by atoms with Gasteiger partial charge < -0.3 is 10.6 Å². The van der Waals surface area contributed by atoms with Gasteiger partial charge in [0.2, 0.25) is 5.91 Å². The molecule has 2 atom stereocenters. The first-order valence-corrected chi connectivity index (χ1v) is 9.93. The number of aryl methyl sites for hydroxylation is 1. The van der Waals surface area contributed by atoms with E-state index in [1.807, 2.05) is 30.0 Å². The fourth-order valence-corrected chi connectivity index (χ4v) is 3.95. The normalized spacial score (nSPS) is 17.1. The van der Waals surface area contributed by atoms with Crippen LogP contribution in [-0.2, 0) is 11.2 Å². The van der Waals surface area contributed by atoms with Crippen LogP contribution >= 0.6 is 36.6 Å². The van der Waals surface area contributed by atoms with Crippen LogP contribution in [0.5, 0.6) is 0 Å². The third kappa shape index (κ3) is 7.70. The number of hydrogen-bond acceptors (Lipinski definition) is 4. The first-order chi connectivity index (χ1) is 12.2. The lowest BCUT2D eigenvalue weighted by Crippen LogP contribution is -2.42. The van der Waals surface area contributed by atoms with Gasteiger partial charge in [-0.2, -0.15) is 11.8 Å². The Labute approximate surface area is 178 Å². The summed E-state index contributed by atoms with van der Waals surface area (Å²) in [7, 11) is 0. The number of pyridine rings is 1. The lowest BCUT2D eigenvalue weighted by molar-refractivity contribution is -0.122. The van der Waals surface area contributed by atoms with Crippen molar-refractivity contribution in [1.82, 2.24) is 15.6 Å². The highest BCUT2D eigenvalue weighted by Crippen LogP contribution is 2.18. The van der Waals surface area contributed by atoms with Crippen LogP contribution in [0.1, 0.15) is 29.3 Å². The number of amides is 1. The number of aromatic nitrogens is 1. The van der Waals surface area contributed by atoms with Gasteiger partial charge in [0.1, 0.15) is 0 Å². The molecule has 2 heterocycles. The maximum Gasteiger partial charge on any atom is 0.222 e. The Balaban J connectivity index is 0.00000182. The molecule has 1 aliphatic heterocycles. The average molecular weight is 428 g/mol. The molecule has 2 aromatic rings. The standard InChI is InChI=1S/C20H25N3OS.2ClH/c1-15-5-7-16(8-6-15)12-19(18-4-2-3-9-22-18)23-20(24)13-17-14-25-11-10-21-17;;/h2-9,17,19,21H,10-14H2,1H3,(H,23,24);2*1H. The van der Waals surface area contributed by atoms with Gasteiger partial charge in [-0.25, -0.2) is 0 Å². The molecule has 2 unspecified atom stereocenters. The average Bonchev–Trinajstić information content (AvgIpc) is 2.64. The third-order valence-electron chi connectivity index (χ3n) is 4.37. The zero-order valence-corrected chi connectivity index (χ0v) is 17.8. The van der Waals surface area contributed by atoms with Crippen molar-refractivity contribution in [2.75, 3.05) is 18.1 Å². The van der Waals surface area contributed by atoms with E-state index in [1.54, 1.807) is 6.20 Å². The van der Waals surface area contributed by atoms with Crippen molar-refractivity contribution < 1.29 is 4.79 Å². The molecule has 0 bridgehead atoms. The zero-order valence-electron chi connectivity index (χ0n) is 15.4. The van der Waals surface area contributed by atoms with Crippen LogP contribution in [0.15, 0.2) is 48.7 Å². The van der Waals surface area contributed by atoms with Gasteiger partial charge in [0.25, 0.3) is 0 Å². The number of rotatable bonds is 6. The number of nitrogens with one attached hydrogen (secondary N) is 2. The smallest absolute Gasteiger partial charge is 0.222 e. The highest BCUT2D eigenvalue weighted by atomic mass is 35.5. The molecule has 3 rings (SSSR count). The summed E-state index contributed by atoms with van der Waals surface area (Å²) in [4.78, 5) is 17.0. The number of hydrogen-bond donors (Lipinski definition) is 2. The minimum atomic E-state index is -0.104. The summed E-state index contributed by atoms with van der Waals surface area (Å²) >= 11 is 1.91. The van der Waals surface area contributed by atoms with Crippen molar-refractivity contribution >= 4 is 42.5 Å². The first kappa shape index (κ1) is 23.8. The van der Waals surface area contributed by atoms with E-state index in [0.29, 0.717) is 6.42 Å². The maximum absolute atomic E-state index is 12.6. The van der Waals surface area contributed by atoms with E-state index >= 15 is 0 Å². The number of carbonyl (C=O) groups is 1. The Morgan fingerprint density at radius 2 is 2.04 bits per heavy atom. The predicted molar refractivity (Wildman–Crippen MR) is 118 cm³/mol. The fourth-order valence-electron chi connectivity index (χ4n) is 3.00. The van der Waals surface area contributed by atoms with Crippen LogP contribution in [-0.4, -0.2) is 35.0 Å². The van der Waals surface area contributed by atoms with Crippen LogP contribution in [0.25, 0.3) is 0 Å². The van der Waals surface area contributed by atoms with Gasteiger partial charge >= 0.3 is 0 Å². The molecule has 7 heteroatoms. The molecule has 1 amide bonds. The Hall–Kier alpha value is -1.27. The zero-order chi connectivity index (χ0) is 17.5. The van der Waals surface area contributed by atoms with Crippen molar-refractivity contribution in [2.45, 2.75) is 31.8 Å². The second kappa shape index (κ2) is 12.2. The molecule has 0 radical (unpaired) electrons. The molecule has 0 saturated carbocycles. The summed E-state index contributed by atoms with van der Waals surface area (Å²) in [5, 5.41) is 6.61. The quantitative estimate of drug-likeness (QED) is 0.736.